The Bertz CT molecular complexity index is 1360. The first-order valence-corrected chi connectivity index (χ1v) is 14.9. The summed E-state index contributed by atoms with van der Waals surface area (Å²) >= 11 is 0. The molecule has 3 N–H and O–H groups in total. The fourth-order valence-electron chi connectivity index (χ4n) is 7.43. The van der Waals surface area contributed by atoms with Crippen molar-refractivity contribution < 1.29 is 29.6 Å². The molecule has 8 atom stereocenters. The van der Waals surface area contributed by atoms with E-state index in [2.05, 4.69) is 13.5 Å². The van der Waals surface area contributed by atoms with Gasteiger partial charge in [-0.1, -0.05) is 38.6 Å². The van der Waals surface area contributed by atoms with Gasteiger partial charge in [0.05, 0.1) is 6.10 Å². The van der Waals surface area contributed by atoms with E-state index in [0.29, 0.717) is 29.7 Å². The van der Waals surface area contributed by atoms with E-state index < -0.39 is 6.10 Å². The Morgan fingerprint density at radius 3 is 2.41 bits per heavy atom. The number of aliphatic hydroxyl groups excluding tert-OH is 1. The average Bonchev–Trinajstić information content (AvgIpc) is 2.95. The van der Waals surface area contributed by atoms with E-state index in [1.54, 1.807) is 12.1 Å². The molecule has 218 valence electrons. The molecule has 8 unspecified atom stereocenters. The van der Waals surface area contributed by atoms with Crippen molar-refractivity contribution in [3.05, 3.63) is 65.2 Å². The lowest BCUT2D eigenvalue weighted by atomic mass is 9.68. The number of benzene rings is 2. The number of ether oxygens (including phenoxy) is 1. The highest BCUT2D eigenvalue weighted by atomic mass is 16.5. The van der Waals surface area contributed by atoms with E-state index in [1.807, 2.05) is 38.1 Å². The van der Waals surface area contributed by atoms with Crippen LogP contribution in [0.25, 0.3) is 11.1 Å². The number of aliphatic hydroxyl groups is 1. The summed E-state index contributed by atoms with van der Waals surface area (Å²) in [5.41, 5.74) is 4.98. The normalized spacial score (nSPS) is 31.6. The number of fused-ring (bicyclic) bond motifs is 1. The van der Waals surface area contributed by atoms with Gasteiger partial charge in [0.25, 0.3) is 0 Å². The highest BCUT2D eigenvalue weighted by molar-refractivity contribution is 5.93. The van der Waals surface area contributed by atoms with Crippen molar-refractivity contribution in [3.63, 3.8) is 0 Å². The SMILES string of the molecule is C=C1C=C(c2ccc(C)c(O)c2)C(C)c2cc(OC3CC(C=O)CCC3CC3CC(C=O)CC(C)C3O)cc(O)c21. The molecule has 3 aliphatic rings. The van der Waals surface area contributed by atoms with Gasteiger partial charge in [0.2, 0.25) is 0 Å². The summed E-state index contributed by atoms with van der Waals surface area (Å²) in [5, 5.41) is 32.4. The molecule has 6 nitrogen and oxygen atoms in total. The number of phenols is 2. The van der Waals surface area contributed by atoms with Crippen molar-refractivity contribution in [2.45, 2.75) is 77.4 Å². The van der Waals surface area contributed by atoms with Crippen LogP contribution in [0.3, 0.4) is 0 Å². The summed E-state index contributed by atoms with van der Waals surface area (Å²) < 4.78 is 6.60. The van der Waals surface area contributed by atoms with Crippen LogP contribution in [0.4, 0.5) is 0 Å². The number of aryl methyl sites for hydroxylation is 1. The van der Waals surface area contributed by atoms with Gasteiger partial charge in [-0.2, -0.15) is 0 Å². The molecule has 0 aromatic heterocycles. The number of carbonyl (C=O) groups is 2. The molecule has 2 saturated carbocycles. The number of aldehydes is 2. The van der Waals surface area contributed by atoms with Gasteiger partial charge in [0, 0.05) is 29.4 Å². The number of hydrogen-bond acceptors (Lipinski definition) is 6. The van der Waals surface area contributed by atoms with Crippen LogP contribution in [-0.2, 0) is 9.59 Å². The Morgan fingerprint density at radius 2 is 1.71 bits per heavy atom. The Morgan fingerprint density at radius 1 is 0.951 bits per heavy atom. The summed E-state index contributed by atoms with van der Waals surface area (Å²) in [6.45, 7) is 10.1. The monoisotopic (exact) mass is 558 g/mol. The number of phenolic OH excluding ortho intramolecular Hbond substituents is 2. The van der Waals surface area contributed by atoms with E-state index in [9.17, 15) is 24.9 Å². The fourth-order valence-corrected chi connectivity index (χ4v) is 7.43. The predicted molar refractivity (Wildman–Crippen MR) is 160 cm³/mol. The van der Waals surface area contributed by atoms with Crippen LogP contribution in [0.1, 0.15) is 80.5 Å². The van der Waals surface area contributed by atoms with Gasteiger partial charge < -0.3 is 29.6 Å². The zero-order valence-corrected chi connectivity index (χ0v) is 24.3. The van der Waals surface area contributed by atoms with Crippen LogP contribution < -0.4 is 4.74 Å². The molecular formula is C35H42O6. The molecule has 41 heavy (non-hydrogen) atoms. The lowest BCUT2D eigenvalue weighted by Crippen LogP contribution is -2.41. The Hall–Kier alpha value is -3.38. The number of rotatable bonds is 7. The van der Waals surface area contributed by atoms with Crippen LogP contribution in [0.2, 0.25) is 0 Å². The van der Waals surface area contributed by atoms with Crippen LogP contribution in [0, 0.1) is 36.5 Å². The van der Waals surface area contributed by atoms with E-state index in [0.717, 1.165) is 60.5 Å². The van der Waals surface area contributed by atoms with Crippen molar-refractivity contribution in [3.8, 4) is 17.2 Å². The maximum atomic E-state index is 11.8. The van der Waals surface area contributed by atoms with Crippen LogP contribution in [0.5, 0.6) is 17.2 Å². The maximum absolute atomic E-state index is 11.8. The number of hydrogen-bond donors (Lipinski definition) is 3. The number of allylic oxidation sites excluding steroid dienone is 3. The quantitative estimate of drug-likeness (QED) is 0.331. The third kappa shape index (κ3) is 5.85. The second kappa shape index (κ2) is 11.8. The van der Waals surface area contributed by atoms with Crippen LogP contribution >= 0.6 is 0 Å². The lowest BCUT2D eigenvalue weighted by Gasteiger charge is -2.41. The molecule has 0 heterocycles. The Balaban J connectivity index is 1.42. The largest absolute Gasteiger partial charge is 0.508 e. The van der Waals surface area contributed by atoms with Crippen molar-refractivity contribution in [2.24, 2.45) is 29.6 Å². The molecule has 0 spiro atoms. The maximum Gasteiger partial charge on any atom is 0.127 e. The second-order valence-corrected chi connectivity index (χ2v) is 12.7. The van der Waals surface area contributed by atoms with Crippen molar-refractivity contribution in [1.29, 1.82) is 0 Å². The average molecular weight is 559 g/mol. The minimum absolute atomic E-state index is 0.0109. The van der Waals surface area contributed by atoms with Gasteiger partial charge in [-0.15, -0.1) is 0 Å². The predicted octanol–water partition coefficient (Wildman–Crippen LogP) is 6.59. The summed E-state index contributed by atoms with van der Waals surface area (Å²) in [5.74, 6) is 0.862. The fraction of sp³-hybridized carbons (Fsp3) is 0.486. The molecule has 0 bridgehead atoms. The molecule has 6 heteroatoms. The molecule has 5 rings (SSSR count). The molecule has 0 radical (unpaired) electrons. The highest BCUT2D eigenvalue weighted by Crippen LogP contribution is 2.48. The summed E-state index contributed by atoms with van der Waals surface area (Å²) in [4.78, 5) is 23.4. The standard InChI is InChI=1S/C35H42O6/c1-19-5-7-25(14-31(19)38)29-10-20(2)34-30(22(29)4)15-28(16-32(34)39)41-33-12-23(17-36)6-8-26(33)13-27-11-24(18-37)9-21(3)35(27)40/h5,7,10,14-18,21-24,26-27,33,35,38-40H,2,6,8-9,11-13H2,1,3-4H3. The first-order valence-electron chi connectivity index (χ1n) is 14.9. The molecule has 3 aliphatic carbocycles. The lowest BCUT2D eigenvalue weighted by molar-refractivity contribution is -0.116. The summed E-state index contributed by atoms with van der Waals surface area (Å²) in [6.07, 6.45) is 7.61. The third-order valence-electron chi connectivity index (χ3n) is 9.84. The van der Waals surface area contributed by atoms with Gasteiger partial charge in [0.1, 0.15) is 35.9 Å². The second-order valence-electron chi connectivity index (χ2n) is 12.7. The van der Waals surface area contributed by atoms with Gasteiger partial charge in [-0.05, 0) is 103 Å². The minimum atomic E-state index is -0.457. The zero-order chi connectivity index (χ0) is 29.4. The van der Waals surface area contributed by atoms with Crippen molar-refractivity contribution >= 4 is 23.7 Å². The Kier molecular flexibility index (Phi) is 8.42. The van der Waals surface area contributed by atoms with Gasteiger partial charge >= 0.3 is 0 Å². The van der Waals surface area contributed by atoms with E-state index in [4.69, 9.17) is 4.74 Å². The highest BCUT2D eigenvalue weighted by Gasteiger charge is 2.40. The number of aromatic hydroxyl groups is 2. The Labute approximate surface area is 242 Å². The van der Waals surface area contributed by atoms with Crippen molar-refractivity contribution in [1.82, 2.24) is 0 Å². The summed E-state index contributed by atoms with van der Waals surface area (Å²) in [7, 11) is 0. The van der Waals surface area contributed by atoms with Crippen LogP contribution in [0.15, 0.2) is 43.0 Å². The first-order chi connectivity index (χ1) is 19.6. The topological polar surface area (TPSA) is 104 Å². The van der Waals surface area contributed by atoms with E-state index in [1.165, 1.54) is 0 Å². The molecule has 0 saturated heterocycles. The molecule has 2 aromatic carbocycles. The molecule has 2 fully saturated rings. The van der Waals surface area contributed by atoms with Gasteiger partial charge in [-0.3, -0.25) is 0 Å². The molecule has 2 aromatic rings. The third-order valence-corrected chi connectivity index (χ3v) is 9.84. The molecule has 0 amide bonds. The van der Waals surface area contributed by atoms with E-state index >= 15 is 0 Å². The first kappa shape index (κ1) is 29.1. The number of carbonyl (C=O) groups excluding carboxylic acids is 2. The van der Waals surface area contributed by atoms with Crippen LogP contribution in [-0.4, -0.2) is 40.1 Å². The van der Waals surface area contributed by atoms with Crippen molar-refractivity contribution in [2.75, 3.05) is 0 Å². The minimum Gasteiger partial charge on any atom is -0.508 e. The molecule has 0 aliphatic heterocycles. The van der Waals surface area contributed by atoms with Gasteiger partial charge in [0.15, 0.2) is 0 Å². The zero-order valence-electron chi connectivity index (χ0n) is 24.3. The van der Waals surface area contributed by atoms with E-state index in [-0.39, 0.29) is 53.1 Å². The summed E-state index contributed by atoms with van der Waals surface area (Å²) in [6, 6.07) is 9.24. The molecular weight excluding hydrogens is 516 g/mol. The van der Waals surface area contributed by atoms with Gasteiger partial charge in [-0.25, -0.2) is 0 Å². The smallest absolute Gasteiger partial charge is 0.127 e.